The van der Waals surface area contributed by atoms with E-state index in [0.29, 0.717) is 17.2 Å². The van der Waals surface area contributed by atoms with Crippen LogP contribution in [0.15, 0.2) is 18.3 Å². The monoisotopic (exact) mass is 249 g/mol. The first-order chi connectivity index (χ1) is 8.52. The number of carboxylic acid groups (broad SMARTS) is 1. The predicted octanol–water partition coefficient (Wildman–Crippen LogP) is 0.330. The van der Waals surface area contributed by atoms with Crippen LogP contribution in [0.1, 0.15) is 16.1 Å². The molecule has 0 spiro atoms. The fraction of sp³-hybridized carbons (Fsp3) is 0.182. The number of nitrogen functional groups attached to an aromatic ring is 1. The van der Waals surface area contributed by atoms with Gasteiger partial charge in [-0.15, -0.1) is 0 Å². The number of aromatic nitrogens is 2. The minimum atomic E-state index is -1.05. The number of hydrogen-bond donors (Lipinski definition) is 2. The zero-order valence-corrected chi connectivity index (χ0v) is 9.58. The van der Waals surface area contributed by atoms with Crippen LogP contribution >= 0.6 is 0 Å². The largest absolute Gasteiger partial charge is 0.478 e. The second-order valence-electron chi connectivity index (χ2n) is 3.65. The summed E-state index contributed by atoms with van der Waals surface area (Å²) in [6.45, 7) is 0. The number of anilines is 1. The molecule has 0 atom stereocenters. The Morgan fingerprint density at radius 1 is 1.56 bits per heavy atom. The van der Waals surface area contributed by atoms with Crippen molar-refractivity contribution in [2.45, 2.75) is 6.42 Å². The van der Waals surface area contributed by atoms with Crippen molar-refractivity contribution in [3.8, 4) is 0 Å². The first kappa shape index (κ1) is 11.9. The smallest absolute Gasteiger partial charge is 0.335 e. The number of esters is 1. The fourth-order valence-corrected chi connectivity index (χ4v) is 1.58. The first-order valence-corrected chi connectivity index (χ1v) is 5.09. The van der Waals surface area contributed by atoms with E-state index in [2.05, 4.69) is 9.72 Å². The van der Waals surface area contributed by atoms with E-state index in [0.717, 1.165) is 0 Å². The molecular weight excluding hydrogens is 238 g/mol. The van der Waals surface area contributed by atoms with Crippen LogP contribution in [0.4, 0.5) is 5.82 Å². The lowest BCUT2D eigenvalue weighted by molar-refractivity contribution is -0.139. The van der Waals surface area contributed by atoms with Crippen molar-refractivity contribution in [1.82, 2.24) is 9.38 Å². The number of hydrogen-bond acceptors (Lipinski definition) is 5. The zero-order valence-electron chi connectivity index (χ0n) is 9.58. The highest BCUT2D eigenvalue weighted by Crippen LogP contribution is 2.17. The van der Waals surface area contributed by atoms with Crippen LogP contribution in [0.3, 0.4) is 0 Å². The van der Waals surface area contributed by atoms with Gasteiger partial charge in [-0.05, 0) is 12.1 Å². The van der Waals surface area contributed by atoms with Crippen molar-refractivity contribution < 1.29 is 19.4 Å². The molecular formula is C11H11N3O4. The highest BCUT2D eigenvalue weighted by atomic mass is 16.5. The molecule has 0 saturated heterocycles. The van der Waals surface area contributed by atoms with Crippen molar-refractivity contribution in [3.05, 3.63) is 29.6 Å². The van der Waals surface area contributed by atoms with E-state index < -0.39 is 11.9 Å². The number of carbonyl (C=O) groups excluding carboxylic acids is 1. The number of methoxy groups -OCH3 is 1. The van der Waals surface area contributed by atoms with E-state index in [1.165, 1.54) is 29.8 Å². The molecule has 0 unspecified atom stereocenters. The second kappa shape index (κ2) is 4.36. The molecule has 2 aromatic rings. The fourth-order valence-electron chi connectivity index (χ4n) is 1.58. The molecule has 0 aliphatic rings. The van der Waals surface area contributed by atoms with Gasteiger partial charge in [-0.25, -0.2) is 9.78 Å². The van der Waals surface area contributed by atoms with Crippen molar-refractivity contribution in [3.63, 3.8) is 0 Å². The van der Waals surface area contributed by atoms with Gasteiger partial charge in [0.2, 0.25) is 0 Å². The van der Waals surface area contributed by atoms with Gasteiger partial charge in [0, 0.05) is 6.20 Å². The molecule has 2 rings (SSSR count). The predicted molar refractivity (Wildman–Crippen MR) is 62.3 cm³/mol. The Bertz CT molecular complexity index is 632. The molecule has 0 bridgehead atoms. The Labute approximate surface area is 102 Å². The summed E-state index contributed by atoms with van der Waals surface area (Å²) in [5.74, 6) is -1.20. The molecule has 18 heavy (non-hydrogen) atoms. The van der Waals surface area contributed by atoms with Crippen molar-refractivity contribution in [2.75, 3.05) is 12.8 Å². The van der Waals surface area contributed by atoms with Crippen LogP contribution in [0, 0.1) is 0 Å². The molecule has 0 aliphatic carbocycles. The number of carboxylic acids is 1. The van der Waals surface area contributed by atoms with Crippen molar-refractivity contribution >= 4 is 23.4 Å². The normalized spacial score (nSPS) is 10.5. The first-order valence-electron chi connectivity index (χ1n) is 5.09. The lowest BCUT2D eigenvalue weighted by Crippen LogP contribution is -2.07. The van der Waals surface area contributed by atoms with Gasteiger partial charge < -0.3 is 15.6 Å². The molecule has 0 aromatic carbocycles. The topological polar surface area (TPSA) is 107 Å². The minimum Gasteiger partial charge on any atom is -0.478 e. The minimum absolute atomic E-state index is 0.0492. The number of nitrogens with zero attached hydrogens (tertiary/aromatic N) is 2. The number of rotatable bonds is 3. The molecule has 2 heterocycles. The third-order valence-electron chi connectivity index (χ3n) is 2.53. The van der Waals surface area contributed by atoms with Gasteiger partial charge in [0.1, 0.15) is 11.5 Å². The van der Waals surface area contributed by atoms with Gasteiger partial charge in [0.05, 0.1) is 24.8 Å². The van der Waals surface area contributed by atoms with Crippen LogP contribution in [0.5, 0.6) is 0 Å². The SMILES string of the molecule is COC(=O)Cc1nc2cc(C(=O)O)ccn2c1N. The van der Waals surface area contributed by atoms with Crippen molar-refractivity contribution in [2.24, 2.45) is 0 Å². The van der Waals surface area contributed by atoms with Crippen LogP contribution in [0.2, 0.25) is 0 Å². The second-order valence-corrected chi connectivity index (χ2v) is 3.65. The highest BCUT2D eigenvalue weighted by Gasteiger charge is 2.14. The summed E-state index contributed by atoms with van der Waals surface area (Å²) >= 11 is 0. The molecule has 2 aromatic heterocycles. The van der Waals surface area contributed by atoms with Crippen molar-refractivity contribution in [1.29, 1.82) is 0 Å². The maximum Gasteiger partial charge on any atom is 0.335 e. The van der Waals surface area contributed by atoms with Crippen LogP contribution < -0.4 is 5.73 Å². The molecule has 3 N–H and O–H groups in total. The Hall–Kier alpha value is -2.57. The van der Waals surface area contributed by atoms with Gasteiger partial charge in [-0.3, -0.25) is 9.20 Å². The van der Waals surface area contributed by atoms with Crippen LogP contribution in [0.25, 0.3) is 5.65 Å². The summed E-state index contributed by atoms with van der Waals surface area (Å²) in [5.41, 5.74) is 6.67. The molecule has 7 nitrogen and oxygen atoms in total. The van der Waals surface area contributed by atoms with E-state index in [-0.39, 0.29) is 12.0 Å². The summed E-state index contributed by atoms with van der Waals surface area (Å²) in [7, 11) is 1.27. The molecule has 94 valence electrons. The summed E-state index contributed by atoms with van der Waals surface area (Å²) in [5, 5.41) is 8.86. The summed E-state index contributed by atoms with van der Waals surface area (Å²) in [6, 6.07) is 2.80. The number of aromatic carboxylic acids is 1. The van der Waals surface area contributed by atoms with E-state index in [9.17, 15) is 9.59 Å². The number of ether oxygens (including phenoxy) is 1. The molecule has 0 aliphatic heterocycles. The average Bonchev–Trinajstić information content (AvgIpc) is 2.65. The Morgan fingerprint density at radius 3 is 2.89 bits per heavy atom. The van der Waals surface area contributed by atoms with Gasteiger partial charge in [0.15, 0.2) is 0 Å². The maximum absolute atomic E-state index is 11.2. The lowest BCUT2D eigenvalue weighted by atomic mass is 10.3. The van der Waals surface area contributed by atoms with E-state index in [1.54, 1.807) is 0 Å². The third-order valence-corrected chi connectivity index (χ3v) is 2.53. The quantitative estimate of drug-likeness (QED) is 0.759. The summed E-state index contributed by atoms with van der Waals surface area (Å²) in [4.78, 5) is 26.1. The van der Waals surface area contributed by atoms with Gasteiger partial charge in [0.25, 0.3) is 0 Å². The zero-order chi connectivity index (χ0) is 13.3. The Kier molecular flexibility index (Phi) is 2.88. The Balaban J connectivity index is 2.48. The highest BCUT2D eigenvalue weighted by molar-refractivity contribution is 5.89. The number of carbonyl (C=O) groups is 2. The van der Waals surface area contributed by atoms with Gasteiger partial charge in [-0.1, -0.05) is 0 Å². The van der Waals surface area contributed by atoms with Gasteiger partial charge in [-0.2, -0.15) is 0 Å². The van der Waals surface area contributed by atoms with E-state index >= 15 is 0 Å². The number of nitrogens with two attached hydrogens (primary N) is 1. The lowest BCUT2D eigenvalue weighted by Gasteiger charge is -1.98. The molecule has 0 amide bonds. The van der Waals surface area contributed by atoms with Gasteiger partial charge >= 0.3 is 11.9 Å². The third kappa shape index (κ3) is 1.97. The Morgan fingerprint density at radius 2 is 2.28 bits per heavy atom. The number of pyridine rings is 1. The summed E-state index contributed by atoms with van der Waals surface area (Å²) < 4.78 is 6.05. The van der Waals surface area contributed by atoms with Crippen LogP contribution in [-0.2, 0) is 16.0 Å². The maximum atomic E-state index is 11.2. The van der Waals surface area contributed by atoms with Crippen LogP contribution in [-0.4, -0.2) is 33.5 Å². The molecule has 7 heteroatoms. The molecule has 0 saturated carbocycles. The number of imidazole rings is 1. The number of fused-ring (bicyclic) bond motifs is 1. The summed E-state index contributed by atoms with van der Waals surface area (Å²) in [6.07, 6.45) is 1.45. The van der Waals surface area contributed by atoms with E-state index in [4.69, 9.17) is 10.8 Å². The van der Waals surface area contributed by atoms with E-state index in [1.807, 2.05) is 0 Å². The average molecular weight is 249 g/mol. The standard InChI is InChI=1S/C11H11N3O4/c1-18-9(15)5-7-10(12)14-3-2-6(11(16)17)4-8(14)13-7/h2-4H,5,12H2,1H3,(H,16,17). The molecule has 0 fully saturated rings. The molecule has 0 radical (unpaired) electrons.